The molecule has 2 heterocycles. The standard InChI is InChI=1S/C20H15N5O3/c26-18(12-6-7-14-15(9-12)20(28)23-19(14)27)21-13-3-1-2-11(8-13)17-22-16(24-25-17)10-4-5-10/h1-3,6-10H,4-5H2,(H,21,26)(H,22,24,25)(H,23,27,28). The van der Waals surface area contributed by atoms with Gasteiger partial charge in [-0.25, -0.2) is 4.98 Å². The van der Waals surface area contributed by atoms with E-state index in [9.17, 15) is 14.4 Å². The molecule has 0 saturated heterocycles. The van der Waals surface area contributed by atoms with E-state index < -0.39 is 11.8 Å². The van der Waals surface area contributed by atoms with Crippen molar-refractivity contribution in [2.75, 3.05) is 5.32 Å². The number of amides is 3. The molecular weight excluding hydrogens is 358 g/mol. The summed E-state index contributed by atoms with van der Waals surface area (Å²) in [5.74, 6) is 0.652. The smallest absolute Gasteiger partial charge is 0.258 e. The van der Waals surface area contributed by atoms with Crippen LogP contribution in [0.5, 0.6) is 0 Å². The minimum absolute atomic E-state index is 0.208. The number of anilines is 1. The van der Waals surface area contributed by atoms with E-state index in [-0.39, 0.29) is 17.0 Å². The lowest BCUT2D eigenvalue weighted by atomic mass is 10.1. The van der Waals surface area contributed by atoms with Gasteiger partial charge in [-0.2, -0.15) is 5.10 Å². The molecule has 0 bridgehead atoms. The summed E-state index contributed by atoms with van der Waals surface area (Å²) in [5, 5.41) is 12.2. The Hall–Kier alpha value is -3.81. The Morgan fingerprint density at radius 1 is 1.04 bits per heavy atom. The van der Waals surface area contributed by atoms with Crippen LogP contribution in [-0.2, 0) is 0 Å². The second-order valence-corrected chi connectivity index (χ2v) is 6.90. The summed E-state index contributed by atoms with van der Waals surface area (Å²) in [6.07, 6.45) is 2.27. The number of nitrogens with zero attached hydrogens (tertiary/aromatic N) is 2. The Morgan fingerprint density at radius 2 is 1.86 bits per heavy atom. The highest BCUT2D eigenvalue weighted by Crippen LogP contribution is 2.38. The van der Waals surface area contributed by atoms with Gasteiger partial charge in [0.1, 0.15) is 5.82 Å². The summed E-state index contributed by atoms with van der Waals surface area (Å²) in [6, 6.07) is 11.7. The fourth-order valence-electron chi connectivity index (χ4n) is 3.19. The van der Waals surface area contributed by atoms with E-state index in [1.54, 1.807) is 12.1 Å². The number of H-pyrrole nitrogens is 1. The molecule has 2 aliphatic rings. The van der Waals surface area contributed by atoms with Gasteiger partial charge in [-0.05, 0) is 43.2 Å². The molecule has 3 N–H and O–H groups in total. The predicted molar refractivity (Wildman–Crippen MR) is 100.0 cm³/mol. The molecular formula is C20H15N5O3. The van der Waals surface area contributed by atoms with Crippen LogP contribution in [0.1, 0.15) is 55.7 Å². The van der Waals surface area contributed by atoms with Gasteiger partial charge in [0.2, 0.25) is 0 Å². The second kappa shape index (κ2) is 6.12. The summed E-state index contributed by atoms with van der Waals surface area (Å²) >= 11 is 0. The lowest BCUT2D eigenvalue weighted by Gasteiger charge is -2.07. The van der Waals surface area contributed by atoms with Crippen LogP contribution in [-0.4, -0.2) is 32.9 Å². The van der Waals surface area contributed by atoms with Crippen molar-refractivity contribution in [2.45, 2.75) is 18.8 Å². The second-order valence-electron chi connectivity index (χ2n) is 6.90. The average Bonchev–Trinajstić information content (AvgIpc) is 3.36. The zero-order chi connectivity index (χ0) is 19.3. The molecule has 8 nitrogen and oxygen atoms in total. The minimum atomic E-state index is -0.493. The summed E-state index contributed by atoms with van der Waals surface area (Å²) < 4.78 is 0. The van der Waals surface area contributed by atoms with E-state index in [4.69, 9.17) is 0 Å². The summed E-state index contributed by atoms with van der Waals surface area (Å²) in [6.45, 7) is 0. The monoisotopic (exact) mass is 373 g/mol. The Balaban J connectivity index is 1.37. The summed E-state index contributed by atoms with van der Waals surface area (Å²) in [7, 11) is 0. The first-order chi connectivity index (χ1) is 13.6. The molecule has 1 fully saturated rings. The number of nitrogens with one attached hydrogen (secondary N) is 3. The molecule has 8 heteroatoms. The van der Waals surface area contributed by atoms with Crippen LogP contribution in [0, 0.1) is 0 Å². The predicted octanol–water partition coefficient (Wildman–Crippen LogP) is 2.49. The normalized spacial score (nSPS) is 15.3. The maximum Gasteiger partial charge on any atom is 0.258 e. The molecule has 3 aromatic rings. The van der Waals surface area contributed by atoms with Crippen molar-refractivity contribution in [3.8, 4) is 11.4 Å². The molecule has 5 rings (SSSR count). The highest BCUT2D eigenvalue weighted by molar-refractivity contribution is 6.22. The number of carbonyl (C=O) groups is 3. The van der Waals surface area contributed by atoms with Crippen molar-refractivity contribution in [3.63, 3.8) is 0 Å². The third kappa shape index (κ3) is 2.84. The number of carbonyl (C=O) groups excluding carboxylic acids is 3. The van der Waals surface area contributed by atoms with Crippen LogP contribution >= 0.6 is 0 Å². The minimum Gasteiger partial charge on any atom is -0.322 e. The van der Waals surface area contributed by atoms with Crippen LogP contribution in [0.4, 0.5) is 5.69 Å². The molecule has 3 amide bonds. The molecule has 2 aromatic carbocycles. The molecule has 0 spiro atoms. The van der Waals surface area contributed by atoms with Gasteiger partial charge in [-0.15, -0.1) is 0 Å². The van der Waals surface area contributed by atoms with E-state index in [2.05, 4.69) is 25.8 Å². The summed E-state index contributed by atoms with van der Waals surface area (Å²) in [5.41, 5.74) is 2.16. The topological polar surface area (TPSA) is 117 Å². The largest absolute Gasteiger partial charge is 0.322 e. The van der Waals surface area contributed by atoms with E-state index in [0.29, 0.717) is 23.0 Å². The van der Waals surface area contributed by atoms with Gasteiger partial charge < -0.3 is 5.32 Å². The third-order valence-corrected chi connectivity index (χ3v) is 4.84. The number of hydrogen-bond acceptors (Lipinski definition) is 5. The van der Waals surface area contributed by atoms with Crippen molar-refractivity contribution >= 4 is 23.4 Å². The number of aromatic amines is 1. The number of aromatic nitrogens is 3. The van der Waals surface area contributed by atoms with Gasteiger partial charge in [-0.1, -0.05) is 12.1 Å². The van der Waals surface area contributed by atoms with E-state index >= 15 is 0 Å². The van der Waals surface area contributed by atoms with Crippen molar-refractivity contribution in [1.29, 1.82) is 0 Å². The van der Waals surface area contributed by atoms with Crippen molar-refractivity contribution in [1.82, 2.24) is 20.5 Å². The van der Waals surface area contributed by atoms with Crippen molar-refractivity contribution < 1.29 is 14.4 Å². The molecule has 0 radical (unpaired) electrons. The first kappa shape index (κ1) is 16.4. The number of imide groups is 1. The Labute approximate surface area is 159 Å². The molecule has 1 saturated carbocycles. The molecule has 1 aliphatic heterocycles. The van der Waals surface area contributed by atoms with Crippen LogP contribution < -0.4 is 10.6 Å². The molecule has 0 atom stereocenters. The van der Waals surface area contributed by atoms with Crippen molar-refractivity contribution in [3.05, 3.63) is 65.0 Å². The third-order valence-electron chi connectivity index (χ3n) is 4.84. The maximum atomic E-state index is 12.6. The highest BCUT2D eigenvalue weighted by atomic mass is 16.2. The fourth-order valence-corrected chi connectivity index (χ4v) is 3.19. The van der Waals surface area contributed by atoms with Gasteiger partial charge >= 0.3 is 0 Å². The number of hydrogen-bond donors (Lipinski definition) is 3. The lowest BCUT2D eigenvalue weighted by Crippen LogP contribution is -2.19. The Kier molecular flexibility index (Phi) is 3.58. The summed E-state index contributed by atoms with van der Waals surface area (Å²) in [4.78, 5) is 40.5. The van der Waals surface area contributed by atoms with E-state index in [1.807, 2.05) is 12.1 Å². The number of rotatable bonds is 4. The van der Waals surface area contributed by atoms with Crippen LogP contribution in [0.3, 0.4) is 0 Å². The lowest BCUT2D eigenvalue weighted by molar-refractivity contribution is 0.0879. The molecule has 138 valence electrons. The zero-order valence-corrected chi connectivity index (χ0v) is 14.7. The molecule has 1 aliphatic carbocycles. The quantitative estimate of drug-likeness (QED) is 0.608. The molecule has 0 unspecified atom stereocenters. The van der Waals surface area contributed by atoms with Crippen molar-refractivity contribution in [2.24, 2.45) is 0 Å². The first-order valence-electron chi connectivity index (χ1n) is 8.92. The van der Waals surface area contributed by atoms with E-state index in [1.165, 1.54) is 18.2 Å². The van der Waals surface area contributed by atoms with Crippen LogP contribution in [0.2, 0.25) is 0 Å². The number of fused-ring (bicyclic) bond motifs is 1. The maximum absolute atomic E-state index is 12.6. The van der Waals surface area contributed by atoms with Gasteiger partial charge in [-0.3, -0.25) is 24.8 Å². The number of benzene rings is 2. The molecule has 1 aromatic heterocycles. The first-order valence-corrected chi connectivity index (χ1v) is 8.92. The Bertz CT molecular complexity index is 1150. The highest BCUT2D eigenvalue weighted by Gasteiger charge is 2.28. The van der Waals surface area contributed by atoms with E-state index in [0.717, 1.165) is 24.2 Å². The van der Waals surface area contributed by atoms with Gasteiger partial charge in [0.25, 0.3) is 17.7 Å². The SMILES string of the molecule is O=C(Nc1cccc(-c2n[nH]c(C3CC3)n2)c1)c1ccc2c(c1)C(=O)NC2=O. The molecule has 28 heavy (non-hydrogen) atoms. The Morgan fingerprint density at radius 3 is 2.68 bits per heavy atom. The van der Waals surface area contributed by atoms with Gasteiger partial charge in [0.05, 0.1) is 11.1 Å². The van der Waals surface area contributed by atoms with Crippen LogP contribution in [0.25, 0.3) is 11.4 Å². The van der Waals surface area contributed by atoms with Crippen LogP contribution in [0.15, 0.2) is 42.5 Å². The van der Waals surface area contributed by atoms with Gasteiger partial charge in [0.15, 0.2) is 5.82 Å². The zero-order valence-electron chi connectivity index (χ0n) is 14.7. The fraction of sp³-hybridized carbons (Fsp3) is 0.150. The van der Waals surface area contributed by atoms with Gasteiger partial charge in [0, 0.05) is 22.7 Å². The average molecular weight is 373 g/mol.